The summed E-state index contributed by atoms with van der Waals surface area (Å²) in [5, 5.41) is 4.13. The first-order chi connectivity index (χ1) is 9.63. The molecule has 0 radical (unpaired) electrons. The van der Waals surface area contributed by atoms with Crippen LogP contribution >= 0.6 is 0 Å². The van der Waals surface area contributed by atoms with Crippen molar-refractivity contribution >= 4 is 11.8 Å². The minimum absolute atomic E-state index is 0.0472. The topological polar surface area (TPSA) is 58.4 Å². The van der Waals surface area contributed by atoms with Crippen LogP contribution in [0.15, 0.2) is 18.5 Å². The molecule has 2 rings (SSSR count). The molecule has 20 heavy (non-hydrogen) atoms. The van der Waals surface area contributed by atoms with Crippen LogP contribution in [0, 0.1) is 0 Å². The van der Waals surface area contributed by atoms with E-state index in [1.165, 1.54) is 0 Å². The van der Waals surface area contributed by atoms with Crippen molar-refractivity contribution in [1.82, 2.24) is 19.6 Å². The first-order valence-corrected chi connectivity index (χ1v) is 7.19. The van der Waals surface area contributed by atoms with Gasteiger partial charge in [0.1, 0.15) is 6.04 Å². The fourth-order valence-electron chi connectivity index (χ4n) is 2.56. The second-order valence-electron chi connectivity index (χ2n) is 5.15. The van der Waals surface area contributed by atoms with Crippen LogP contribution in [0.5, 0.6) is 0 Å². The standard InChI is InChI=1S/C14H22N4O2/c1-3-7-16-11-13(19)18(12(2)14(16)20)10-5-9-17-8-4-6-15-17/h4,6,8,12H,3,5,7,9-11H2,1-2H3/t12-/m0/s1. The third-order valence-electron chi connectivity index (χ3n) is 3.62. The molecule has 0 unspecified atom stereocenters. The normalized spacial score (nSPS) is 19.8. The molecule has 0 bridgehead atoms. The first-order valence-electron chi connectivity index (χ1n) is 7.19. The molecule has 0 N–H and O–H groups in total. The van der Waals surface area contributed by atoms with Crippen LogP contribution in [0.2, 0.25) is 0 Å². The number of aryl methyl sites for hydroxylation is 1. The van der Waals surface area contributed by atoms with Gasteiger partial charge in [0.15, 0.2) is 0 Å². The van der Waals surface area contributed by atoms with E-state index in [1.807, 2.05) is 30.8 Å². The van der Waals surface area contributed by atoms with Gasteiger partial charge < -0.3 is 9.80 Å². The van der Waals surface area contributed by atoms with E-state index in [1.54, 1.807) is 16.0 Å². The Bertz CT molecular complexity index is 458. The predicted octanol–water partition coefficient (Wildman–Crippen LogP) is 0.742. The van der Waals surface area contributed by atoms with E-state index in [0.717, 1.165) is 19.4 Å². The summed E-state index contributed by atoms with van der Waals surface area (Å²) in [6, 6.07) is 1.53. The summed E-state index contributed by atoms with van der Waals surface area (Å²) in [4.78, 5) is 27.7. The minimum Gasteiger partial charge on any atom is -0.332 e. The molecular formula is C14H22N4O2. The molecule has 1 aromatic rings. The molecule has 1 atom stereocenters. The van der Waals surface area contributed by atoms with Crippen molar-refractivity contribution in [1.29, 1.82) is 0 Å². The molecule has 1 aliphatic heterocycles. The van der Waals surface area contributed by atoms with Gasteiger partial charge in [-0.05, 0) is 25.8 Å². The molecule has 2 heterocycles. The summed E-state index contributed by atoms with van der Waals surface area (Å²) in [5.74, 6) is 0.108. The largest absolute Gasteiger partial charge is 0.332 e. The summed E-state index contributed by atoms with van der Waals surface area (Å²) in [6.45, 7) is 6.07. The summed E-state index contributed by atoms with van der Waals surface area (Å²) in [7, 11) is 0. The van der Waals surface area contributed by atoms with E-state index in [0.29, 0.717) is 13.1 Å². The summed E-state index contributed by atoms with van der Waals surface area (Å²) < 4.78 is 1.84. The minimum atomic E-state index is -0.347. The van der Waals surface area contributed by atoms with Crippen LogP contribution in [0.3, 0.4) is 0 Å². The molecule has 1 aliphatic rings. The second kappa shape index (κ2) is 6.54. The van der Waals surface area contributed by atoms with Crippen LogP contribution in [0.1, 0.15) is 26.7 Å². The van der Waals surface area contributed by atoms with Crippen LogP contribution in [-0.4, -0.2) is 57.1 Å². The van der Waals surface area contributed by atoms with Crippen molar-refractivity contribution < 1.29 is 9.59 Å². The van der Waals surface area contributed by atoms with Gasteiger partial charge >= 0.3 is 0 Å². The second-order valence-corrected chi connectivity index (χ2v) is 5.15. The zero-order valence-corrected chi connectivity index (χ0v) is 12.2. The van der Waals surface area contributed by atoms with Crippen LogP contribution in [0.4, 0.5) is 0 Å². The summed E-state index contributed by atoms with van der Waals surface area (Å²) >= 11 is 0. The Morgan fingerprint density at radius 2 is 2.10 bits per heavy atom. The van der Waals surface area contributed by atoms with Gasteiger partial charge in [0, 0.05) is 32.0 Å². The van der Waals surface area contributed by atoms with Gasteiger partial charge in [-0.15, -0.1) is 0 Å². The van der Waals surface area contributed by atoms with Crippen LogP contribution in [-0.2, 0) is 16.1 Å². The van der Waals surface area contributed by atoms with E-state index < -0.39 is 0 Å². The molecule has 0 aliphatic carbocycles. The first kappa shape index (κ1) is 14.6. The highest BCUT2D eigenvalue weighted by molar-refractivity contribution is 5.94. The van der Waals surface area contributed by atoms with Crippen molar-refractivity contribution in [3.8, 4) is 0 Å². The highest BCUT2D eigenvalue weighted by Crippen LogP contribution is 2.13. The number of hydrogen-bond acceptors (Lipinski definition) is 3. The van der Waals surface area contributed by atoms with E-state index in [-0.39, 0.29) is 24.4 Å². The zero-order valence-electron chi connectivity index (χ0n) is 12.2. The fourth-order valence-corrected chi connectivity index (χ4v) is 2.56. The van der Waals surface area contributed by atoms with Gasteiger partial charge in [-0.2, -0.15) is 5.10 Å². The third-order valence-corrected chi connectivity index (χ3v) is 3.62. The highest BCUT2D eigenvalue weighted by Gasteiger charge is 2.35. The number of rotatable bonds is 6. The Morgan fingerprint density at radius 3 is 2.75 bits per heavy atom. The van der Waals surface area contributed by atoms with Crippen molar-refractivity contribution in [3.05, 3.63) is 18.5 Å². The van der Waals surface area contributed by atoms with Crippen LogP contribution in [0.25, 0.3) is 0 Å². The van der Waals surface area contributed by atoms with E-state index in [4.69, 9.17) is 0 Å². The fraction of sp³-hybridized carbons (Fsp3) is 0.643. The molecule has 6 heteroatoms. The lowest BCUT2D eigenvalue weighted by molar-refractivity contribution is -0.155. The van der Waals surface area contributed by atoms with Gasteiger partial charge in [0.05, 0.1) is 6.54 Å². The molecule has 2 amide bonds. The summed E-state index contributed by atoms with van der Waals surface area (Å²) in [5.41, 5.74) is 0. The molecule has 1 aromatic heterocycles. The number of nitrogens with zero attached hydrogens (tertiary/aromatic N) is 4. The monoisotopic (exact) mass is 278 g/mol. The maximum atomic E-state index is 12.2. The number of piperazine rings is 1. The van der Waals surface area contributed by atoms with Crippen molar-refractivity contribution in [2.24, 2.45) is 0 Å². The zero-order chi connectivity index (χ0) is 14.5. The number of carbonyl (C=O) groups is 2. The molecule has 0 aromatic carbocycles. The van der Waals surface area contributed by atoms with Gasteiger partial charge in [0.25, 0.3) is 0 Å². The van der Waals surface area contributed by atoms with Crippen LogP contribution < -0.4 is 0 Å². The Morgan fingerprint density at radius 1 is 1.30 bits per heavy atom. The molecule has 6 nitrogen and oxygen atoms in total. The number of hydrogen-bond donors (Lipinski definition) is 0. The van der Waals surface area contributed by atoms with E-state index in [9.17, 15) is 9.59 Å². The SMILES string of the molecule is CCCN1CC(=O)N(CCCn2cccn2)[C@@H](C)C1=O. The van der Waals surface area contributed by atoms with Crippen molar-refractivity contribution in [2.75, 3.05) is 19.6 Å². The molecular weight excluding hydrogens is 256 g/mol. The molecule has 1 fully saturated rings. The van der Waals surface area contributed by atoms with E-state index in [2.05, 4.69) is 5.10 Å². The maximum absolute atomic E-state index is 12.2. The van der Waals surface area contributed by atoms with Gasteiger partial charge in [-0.3, -0.25) is 14.3 Å². The molecule has 110 valence electrons. The molecule has 0 spiro atoms. The lowest BCUT2D eigenvalue weighted by Gasteiger charge is -2.38. The van der Waals surface area contributed by atoms with Gasteiger partial charge in [-0.1, -0.05) is 6.92 Å². The number of amides is 2. The Balaban J connectivity index is 1.88. The highest BCUT2D eigenvalue weighted by atomic mass is 16.2. The number of carbonyl (C=O) groups excluding carboxylic acids is 2. The maximum Gasteiger partial charge on any atom is 0.245 e. The average molecular weight is 278 g/mol. The quantitative estimate of drug-likeness (QED) is 0.771. The lowest BCUT2D eigenvalue weighted by atomic mass is 10.1. The third kappa shape index (κ3) is 3.18. The Labute approximate surface area is 119 Å². The Hall–Kier alpha value is -1.85. The smallest absolute Gasteiger partial charge is 0.245 e. The van der Waals surface area contributed by atoms with Crippen molar-refractivity contribution in [3.63, 3.8) is 0 Å². The molecule has 1 saturated heterocycles. The Kier molecular flexibility index (Phi) is 4.76. The van der Waals surface area contributed by atoms with E-state index >= 15 is 0 Å². The molecule has 0 saturated carbocycles. The van der Waals surface area contributed by atoms with Crippen molar-refractivity contribution in [2.45, 2.75) is 39.3 Å². The summed E-state index contributed by atoms with van der Waals surface area (Å²) in [6.07, 6.45) is 5.32. The number of aromatic nitrogens is 2. The average Bonchev–Trinajstić information content (AvgIpc) is 2.93. The predicted molar refractivity (Wildman–Crippen MR) is 74.9 cm³/mol. The lowest BCUT2D eigenvalue weighted by Crippen LogP contribution is -2.59. The van der Waals surface area contributed by atoms with Gasteiger partial charge in [0.2, 0.25) is 11.8 Å². The van der Waals surface area contributed by atoms with Gasteiger partial charge in [-0.25, -0.2) is 0 Å².